The first-order chi connectivity index (χ1) is 6.87. The number of carbonyl (C=O) groups is 2. The molecule has 0 heterocycles. The van der Waals surface area contributed by atoms with Gasteiger partial charge in [-0.1, -0.05) is 18.2 Å². The van der Waals surface area contributed by atoms with Gasteiger partial charge in [-0.15, -0.1) is 0 Å². The van der Waals surface area contributed by atoms with Crippen LogP contribution in [0.3, 0.4) is 0 Å². The summed E-state index contributed by atoms with van der Waals surface area (Å²) in [5, 5.41) is -0.229. The molecule has 0 rings (SSSR count). The van der Waals surface area contributed by atoms with Crippen molar-refractivity contribution in [1.82, 2.24) is 0 Å². The van der Waals surface area contributed by atoms with E-state index in [1.165, 1.54) is 14.0 Å². The molecule has 0 N–H and O–H groups in total. The summed E-state index contributed by atoms with van der Waals surface area (Å²) in [6.45, 7) is 1.34. The molecule has 0 saturated heterocycles. The first-order valence-electron chi connectivity index (χ1n) is 5.14. The van der Waals surface area contributed by atoms with Gasteiger partial charge >= 0.3 is 5.97 Å². The normalized spacial score (nSPS) is 13.1. The lowest BCUT2D eigenvalue weighted by atomic mass is 10.2. The Labute approximate surface area is 86.0 Å². The van der Waals surface area contributed by atoms with Gasteiger partial charge in [0.15, 0.2) is 5.12 Å². The Morgan fingerprint density at radius 3 is 2.62 bits per heavy atom. The van der Waals surface area contributed by atoms with Gasteiger partial charge in [-0.25, -0.2) is 0 Å². The third-order valence-corrected chi connectivity index (χ3v) is 1.99. The number of rotatable bonds is 6. The molecule has 4 heteroatoms. The van der Waals surface area contributed by atoms with Crippen LogP contribution in [0.1, 0.15) is 35.3 Å². The van der Waals surface area contributed by atoms with Crippen molar-refractivity contribution < 1.29 is 17.1 Å². The average molecular weight is 206 g/mol. The van der Waals surface area contributed by atoms with Gasteiger partial charge in [-0.3, -0.25) is 9.59 Å². The van der Waals surface area contributed by atoms with E-state index < -0.39 is 5.70 Å². The van der Waals surface area contributed by atoms with Crippen molar-refractivity contribution >= 4 is 22.8 Å². The fraction of sp³-hybridized carbons (Fsp3) is 0.778. The molecule has 0 bridgehead atoms. The van der Waals surface area contributed by atoms with Gasteiger partial charge in [0.05, 0.1) is 7.11 Å². The highest BCUT2D eigenvalue weighted by molar-refractivity contribution is 8.13. The number of carbonyl (C=O) groups excluding carboxylic acids is 2. The zero-order valence-corrected chi connectivity index (χ0v) is 8.78. The largest absolute Gasteiger partial charge is 0.469 e. The van der Waals surface area contributed by atoms with Gasteiger partial charge in [0, 0.05) is 21.8 Å². The number of methoxy groups -OCH3 is 1. The van der Waals surface area contributed by atoms with E-state index in [1.807, 2.05) is 0 Å². The minimum Gasteiger partial charge on any atom is -0.469 e. The maximum atomic E-state index is 10.7. The van der Waals surface area contributed by atoms with E-state index in [1.54, 1.807) is 0 Å². The van der Waals surface area contributed by atoms with E-state index in [9.17, 15) is 9.59 Å². The summed E-state index contributed by atoms with van der Waals surface area (Å²) in [6.07, 6.45) is 1.73. The van der Waals surface area contributed by atoms with Crippen LogP contribution >= 0.6 is 11.8 Å². The quantitative estimate of drug-likeness (QED) is 0.492. The number of esters is 1. The van der Waals surface area contributed by atoms with Crippen LogP contribution in [-0.2, 0) is 14.3 Å². The first kappa shape index (κ1) is 9.06. The van der Waals surface area contributed by atoms with Crippen LogP contribution in [0, 0.1) is 0 Å². The molecule has 0 aliphatic carbocycles. The van der Waals surface area contributed by atoms with Crippen LogP contribution in [0.5, 0.6) is 0 Å². The standard InChI is InChI=1S/C9H16O3S/c1-8(10)13-7-5-3-4-6-9(11)12-2/h3-7H2,1-2H3/i7D2. The SMILES string of the molecule is [2H]C([2H])(CCCCC(=O)OC)SC(C)=O. The molecule has 76 valence electrons. The molecular formula is C9H16O3S. The van der Waals surface area contributed by atoms with Crippen molar-refractivity contribution in [2.75, 3.05) is 12.8 Å². The Balaban J connectivity index is 3.66. The summed E-state index contributed by atoms with van der Waals surface area (Å²) in [6, 6.07) is 0. The lowest BCUT2D eigenvalue weighted by Crippen LogP contribution is -1.99. The predicted octanol–water partition coefficient (Wildman–Crippen LogP) is 2.00. The molecule has 0 radical (unpaired) electrons. The van der Waals surface area contributed by atoms with Gasteiger partial charge < -0.3 is 4.74 Å². The molecule has 0 aliphatic rings. The Morgan fingerprint density at radius 1 is 1.38 bits per heavy atom. The fourth-order valence-electron chi connectivity index (χ4n) is 0.721. The average Bonchev–Trinajstić information content (AvgIpc) is 2.10. The summed E-state index contributed by atoms with van der Waals surface area (Å²) in [7, 11) is 1.33. The molecular weight excluding hydrogens is 188 g/mol. The second-order valence-corrected chi connectivity index (χ2v) is 3.59. The summed E-state index contributed by atoms with van der Waals surface area (Å²) in [5.74, 6) is -0.283. The van der Waals surface area contributed by atoms with Crippen LogP contribution in [0.15, 0.2) is 0 Å². The third-order valence-electron chi connectivity index (χ3n) is 1.35. The van der Waals surface area contributed by atoms with E-state index >= 15 is 0 Å². The minimum atomic E-state index is -1.53. The van der Waals surface area contributed by atoms with Gasteiger partial charge in [0.1, 0.15) is 0 Å². The second-order valence-electron chi connectivity index (χ2n) is 2.52. The Hall–Kier alpha value is -0.510. The van der Waals surface area contributed by atoms with Crippen molar-refractivity contribution in [3.8, 4) is 0 Å². The highest BCUT2D eigenvalue weighted by Crippen LogP contribution is 2.08. The maximum absolute atomic E-state index is 10.7. The van der Waals surface area contributed by atoms with Gasteiger partial charge in [-0.2, -0.15) is 0 Å². The van der Waals surface area contributed by atoms with Crippen LogP contribution in [0.25, 0.3) is 0 Å². The number of unbranched alkanes of at least 4 members (excludes halogenated alkanes) is 1. The van der Waals surface area contributed by atoms with E-state index in [0.717, 1.165) is 0 Å². The zero-order valence-electron chi connectivity index (χ0n) is 9.96. The maximum Gasteiger partial charge on any atom is 0.305 e. The van der Waals surface area contributed by atoms with Gasteiger partial charge in [0.25, 0.3) is 0 Å². The Bertz CT molecular complexity index is 231. The molecule has 0 aliphatic heterocycles. The smallest absolute Gasteiger partial charge is 0.305 e. The lowest BCUT2D eigenvalue weighted by molar-refractivity contribution is -0.140. The van der Waals surface area contributed by atoms with Crippen LogP contribution in [0.2, 0.25) is 0 Å². The molecule has 0 amide bonds. The molecule has 3 nitrogen and oxygen atoms in total. The summed E-state index contributed by atoms with van der Waals surface area (Å²) >= 11 is 0.700. The van der Waals surface area contributed by atoms with E-state index in [4.69, 9.17) is 2.74 Å². The zero-order chi connectivity index (χ0) is 11.9. The number of hydrogen-bond acceptors (Lipinski definition) is 4. The molecule has 0 spiro atoms. The first-order valence-corrected chi connectivity index (χ1v) is 4.95. The third kappa shape index (κ3) is 9.40. The number of thioether (sulfide) groups is 1. The summed E-state index contributed by atoms with van der Waals surface area (Å²) in [4.78, 5) is 21.4. The van der Waals surface area contributed by atoms with Crippen molar-refractivity contribution in [2.24, 2.45) is 0 Å². The highest BCUT2D eigenvalue weighted by atomic mass is 32.2. The Morgan fingerprint density at radius 2 is 2.08 bits per heavy atom. The lowest BCUT2D eigenvalue weighted by Gasteiger charge is -1.99. The number of ether oxygens (including phenoxy) is 1. The molecule has 0 aromatic rings. The predicted molar refractivity (Wildman–Crippen MR) is 53.6 cm³/mol. The van der Waals surface area contributed by atoms with Gasteiger partial charge in [0.2, 0.25) is 0 Å². The molecule has 0 unspecified atom stereocenters. The van der Waals surface area contributed by atoms with Crippen molar-refractivity contribution in [3.63, 3.8) is 0 Å². The molecule has 0 aromatic carbocycles. The van der Waals surface area contributed by atoms with Crippen LogP contribution < -0.4 is 0 Å². The minimum absolute atomic E-state index is 0.229. The van der Waals surface area contributed by atoms with E-state index in [-0.39, 0.29) is 17.5 Å². The molecule has 0 atom stereocenters. The van der Waals surface area contributed by atoms with Crippen molar-refractivity contribution in [1.29, 1.82) is 0 Å². The van der Waals surface area contributed by atoms with Crippen molar-refractivity contribution in [2.45, 2.75) is 32.6 Å². The van der Waals surface area contributed by atoms with Crippen LogP contribution in [0.4, 0.5) is 0 Å². The molecule has 0 fully saturated rings. The summed E-state index contributed by atoms with van der Waals surface area (Å²) in [5.41, 5.74) is -1.53. The second kappa shape index (κ2) is 8.10. The number of hydrogen-bond donors (Lipinski definition) is 0. The van der Waals surface area contributed by atoms with E-state index in [0.29, 0.717) is 31.0 Å². The highest BCUT2D eigenvalue weighted by Gasteiger charge is 1.99. The topological polar surface area (TPSA) is 43.4 Å². The fourth-order valence-corrected chi connectivity index (χ4v) is 1.17. The van der Waals surface area contributed by atoms with Crippen LogP contribution in [-0.4, -0.2) is 23.9 Å². The monoisotopic (exact) mass is 206 g/mol. The van der Waals surface area contributed by atoms with Gasteiger partial charge in [-0.05, 0) is 12.8 Å². The Kier molecular flexibility index (Phi) is 5.65. The summed E-state index contributed by atoms with van der Waals surface area (Å²) < 4.78 is 19.4. The van der Waals surface area contributed by atoms with E-state index in [2.05, 4.69) is 4.74 Å². The molecule has 13 heavy (non-hydrogen) atoms. The van der Waals surface area contributed by atoms with Crippen molar-refractivity contribution in [3.05, 3.63) is 0 Å². The molecule has 0 aromatic heterocycles. The molecule has 0 saturated carbocycles.